The van der Waals surface area contributed by atoms with Crippen LogP contribution in [-0.2, 0) is 14.8 Å². The minimum atomic E-state index is -3.94. The molecule has 1 aliphatic heterocycles. The number of amides is 1. The van der Waals surface area contributed by atoms with Crippen LogP contribution in [0, 0.1) is 0 Å². The number of sulfonamides is 1. The molecule has 4 N–H and O–H groups in total. The molecule has 0 saturated carbocycles. The fraction of sp³-hybridized carbons (Fsp3) is 0.333. The molecule has 0 spiro atoms. The lowest BCUT2D eigenvalue weighted by Gasteiger charge is -2.32. The molecule has 0 aliphatic carbocycles. The highest BCUT2D eigenvalue weighted by molar-refractivity contribution is 7.89. The summed E-state index contributed by atoms with van der Waals surface area (Å²) in [7, 11) is -3.94. The van der Waals surface area contributed by atoms with Crippen LogP contribution in [0.4, 0.5) is 0 Å². The van der Waals surface area contributed by atoms with Crippen LogP contribution in [0.2, 0.25) is 0 Å². The van der Waals surface area contributed by atoms with E-state index in [0.29, 0.717) is 6.54 Å². The van der Waals surface area contributed by atoms with Gasteiger partial charge in [-0.1, -0.05) is 0 Å². The monoisotopic (exact) mass is 313 g/mol. The van der Waals surface area contributed by atoms with Gasteiger partial charge in [-0.3, -0.25) is 9.59 Å². The number of carboxylic acids is 1. The van der Waals surface area contributed by atoms with Gasteiger partial charge in [0, 0.05) is 25.2 Å². The Balaban J connectivity index is 2.35. The SMILES string of the molecule is NC(=O)c1ccc(S(=O)(=O)N2CCNCC2C(=O)O)cc1. The molecule has 2 rings (SSSR count). The van der Waals surface area contributed by atoms with Gasteiger partial charge in [-0.05, 0) is 24.3 Å². The molecule has 114 valence electrons. The Bertz CT molecular complexity index is 656. The molecule has 1 unspecified atom stereocenters. The normalized spacial score (nSPS) is 20.1. The Kier molecular flexibility index (Phi) is 4.26. The van der Waals surface area contributed by atoms with Crippen LogP contribution in [0.5, 0.6) is 0 Å². The van der Waals surface area contributed by atoms with Crippen LogP contribution in [0.15, 0.2) is 29.2 Å². The van der Waals surface area contributed by atoms with Gasteiger partial charge in [0.05, 0.1) is 4.90 Å². The first-order chi connectivity index (χ1) is 9.84. The first kappa shape index (κ1) is 15.4. The molecule has 1 saturated heterocycles. The first-order valence-corrected chi connectivity index (χ1v) is 7.63. The van der Waals surface area contributed by atoms with Crippen molar-refractivity contribution in [3.05, 3.63) is 29.8 Å². The maximum Gasteiger partial charge on any atom is 0.323 e. The largest absolute Gasteiger partial charge is 0.480 e. The highest BCUT2D eigenvalue weighted by Gasteiger charge is 2.37. The summed E-state index contributed by atoms with van der Waals surface area (Å²) < 4.78 is 26.0. The molecule has 0 radical (unpaired) electrons. The minimum Gasteiger partial charge on any atom is -0.480 e. The summed E-state index contributed by atoms with van der Waals surface area (Å²) in [5.41, 5.74) is 5.28. The molecular weight excluding hydrogens is 298 g/mol. The van der Waals surface area contributed by atoms with Crippen molar-refractivity contribution in [1.29, 1.82) is 0 Å². The fourth-order valence-electron chi connectivity index (χ4n) is 2.11. The highest BCUT2D eigenvalue weighted by Crippen LogP contribution is 2.20. The van der Waals surface area contributed by atoms with Crippen molar-refractivity contribution in [3.8, 4) is 0 Å². The van der Waals surface area contributed by atoms with Crippen LogP contribution in [0.3, 0.4) is 0 Å². The lowest BCUT2D eigenvalue weighted by Crippen LogP contribution is -2.56. The molecule has 1 atom stereocenters. The van der Waals surface area contributed by atoms with E-state index in [4.69, 9.17) is 10.8 Å². The topological polar surface area (TPSA) is 130 Å². The Morgan fingerprint density at radius 3 is 2.43 bits per heavy atom. The minimum absolute atomic E-state index is 0.0495. The lowest BCUT2D eigenvalue weighted by molar-refractivity contribution is -0.141. The number of nitrogens with one attached hydrogen (secondary N) is 1. The number of hydrogen-bond donors (Lipinski definition) is 3. The number of carboxylic acid groups (broad SMARTS) is 1. The Hall–Kier alpha value is -1.97. The third kappa shape index (κ3) is 3.04. The summed E-state index contributed by atoms with van der Waals surface area (Å²) >= 11 is 0. The van der Waals surface area contributed by atoms with E-state index in [9.17, 15) is 18.0 Å². The smallest absolute Gasteiger partial charge is 0.323 e. The predicted octanol–water partition coefficient (Wildman–Crippen LogP) is -1.17. The van der Waals surface area contributed by atoms with Crippen molar-refractivity contribution in [3.63, 3.8) is 0 Å². The molecule has 1 heterocycles. The van der Waals surface area contributed by atoms with Gasteiger partial charge in [0.2, 0.25) is 15.9 Å². The second kappa shape index (κ2) is 5.80. The van der Waals surface area contributed by atoms with E-state index >= 15 is 0 Å². The van der Waals surface area contributed by atoms with E-state index in [1.165, 1.54) is 24.3 Å². The van der Waals surface area contributed by atoms with E-state index < -0.39 is 27.9 Å². The van der Waals surface area contributed by atoms with Crippen molar-refractivity contribution in [2.45, 2.75) is 10.9 Å². The molecule has 1 aliphatic rings. The molecule has 0 aromatic heterocycles. The van der Waals surface area contributed by atoms with E-state index in [-0.39, 0.29) is 23.5 Å². The summed E-state index contributed by atoms with van der Waals surface area (Å²) in [6.07, 6.45) is 0. The lowest BCUT2D eigenvalue weighted by atomic mass is 10.2. The van der Waals surface area contributed by atoms with Crippen molar-refractivity contribution < 1.29 is 23.1 Å². The number of rotatable bonds is 4. The number of piperazine rings is 1. The average molecular weight is 313 g/mol. The molecule has 1 amide bonds. The van der Waals surface area contributed by atoms with Crippen LogP contribution in [0.1, 0.15) is 10.4 Å². The van der Waals surface area contributed by atoms with Gasteiger partial charge in [-0.25, -0.2) is 8.42 Å². The number of carbonyl (C=O) groups is 2. The van der Waals surface area contributed by atoms with E-state index in [0.717, 1.165) is 4.31 Å². The summed E-state index contributed by atoms with van der Waals surface area (Å²) in [5, 5.41) is 12.0. The maximum absolute atomic E-state index is 12.5. The zero-order valence-corrected chi connectivity index (χ0v) is 11.8. The highest BCUT2D eigenvalue weighted by atomic mass is 32.2. The Morgan fingerprint density at radius 2 is 1.90 bits per heavy atom. The maximum atomic E-state index is 12.5. The molecule has 9 heteroatoms. The van der Waals surface area contributed by atoms with Crippen molar-refractivity contribution in [2.24, 2.45) is 5.73 Å². The number of nitrogens with two attached hydrogens (primary N) is 1. The van der Waals surface area contributed by atoms with Crippen LogP contribution in [0.25, 0.3) is 0 Å². The number of aliphatic carboxylic acids is 1. The molecule has 0 bridgehead atoms. The van der Waals surface area contributed by atoms with Gasteiger partial charge in [0.15, 0.2) is 0 Å². The van der Waals surface area contributed by atoms with E-state index in [1.54, 1.807) is 0 Å². The number of benzene rings is 1. The van der Waals surface area contributed by atoms with Crippen LogP contribution in [-0.4, -0.2) is 55.4 Å². The van der Waals surface area contributed by atoms with Gasteiger partial charge in [-0.15, -0.1) is 0 Å². The summed E-state index contributed by atoms with van der Waals surface area (Å²) in [6, 6.07) is 3.94. The van der Waals surface area contributed by atoms with Gasteiger partial charge in [0.1, 0.15) is 6.04 Å². The zero-order chi connectivity index (χ0) is 15.6. The molecule has 1 fully saturated rings. The molecule has 21 heavy (non-hydrogen) atoms. The van der Waals surface area contributed by atoms with Crippen molar-refractivity contribution in [2.75, 3.05) is 19.6 Å². The molecule has 8 nitrogen and oxygen atoms in total. The summed E-state index contributed by atoms with van der Waals surface area (Å²) in [5.74, 6) is -1.87. The van der Waals surface area contributed by atoms with E-state index in [1.807, 2.05) is 0 Å². The second-order valence-electron chi connectivity index (χ2n) is 4.56. The third-order valence-electron chi connectivity index (χ3n) is 3.22. The van der Waals surface area contributed by atoms with Gasteiger partial charge in [0.25, 0.3) is 0 Å². The van der Waals surface area contributed by atoms with Crippen LogP contribution < -0.4 is 11.1 Å². The number of primary amides is 1. The predicted molar refractivity (Wildman–Crippen MR) is 73.1 cm³/mol. The zero-order valence-electron chi connectivity index (χ0n) is 11.0. The first-order valence-electron chi connectivity index (χ1n) is 6.19. The number of carbonyl (C=O) groups excluding carboxylic acids is 1. The Labute approximate surface area is 121 Å². The van der Waals surface area contributed by atoms with E-state index in [2.05, 4.69) is 5.32 Å². The molecular formula is C12H15N3O5S. The van der Waals surface area contributed by atoms with Crippen molar-refractivity contribution >= 4 is 21.9 Å². The van der Waals surface area contributed by atoms with Crippen LogP contribution >= 0.6 is 0 Å². The molecule has 1 aromatic carbocycles. The average Bonchev–Trinajstić information content (AvgIpc) is 2.47. The fourth-order valence-corrected chi connectivity index (χ4v) is 3.69. The quantitative estimate of drug-likeness (QED) is 0.642. The third-order valence-corrected chi connectivity index (χ3v) is 5.15. The molecule has 1 aromatic rings. The Morgan fingerprint density at radius 1 is 1.29 bits per heavy atom. The number of hydrogen-bond acceptors (Lipinski definition) is 5. The van der Waals surface area contributed by atoms with Crippen molar-refractivity contribution in [1.82, 2.24) is 9.62 Å². The second-order valence-corrected chi connectivity index (χ2v) is 6.45. The van der Waals surface area contributed by atoms with Gasteiger partial charge in [-0.2, -0.15) is 4.31 Å². The van der Waals surface area contributed by atoms with Gasteiger partial charge >= 0.3 is 5.97 Å². The summed E-state index contributed by atoms with van der Waals surface area (Å²) in [6.45, 7) is 0.493. The summed E-state index contributed by atoms with van der Waals surface area (Å²) in [4.78, 5) is 22.1. The standard InChI is InChI=1S/C12H15N3O5S/c13-11(16)8-1-3-9(4-2-8)21(19,20)15-6-5-14-7-10(15)12(17)18/h1-4,10,14H,5-7H2,(H2,13,16)(H,17,18). The van der Waals surface area contributed by atoms with Gasteiger partial charge < -0.3 is 16.2 Å². The number of nitrogens with zero attached hydrogens (tertiary/aromatic N) is 1.